The summed E-state index contributed by atoms with van der Waals surface area (Å²) in [5.41, 5.74) is 11.8. The van der Waals surface area contributed by atoms with Crippen molar-refractivity contribution in [2.24, 2.45) is 11.5 Å². The van der Waals surface area contributed by atoms with Gasteiger partial charge in [-0.1, -0.05) is 29.3 Å². The lowest BCUT2D eigenvalue weighted by Crippen LogP contribution is -2.40. The van der Waals surface area contributed by atoms with E-state index in [4.69, 9.17) is 34.7 Å². The Balaban J connectivity index is 3.10. The van der Waals surface area contributed by atoms with Crippen molar-refractivity contribution < 1.29 is 0 Å². The van der Waals surface area contributed by atoms with E-state index < -0.39 is 5.54 Å². The molecule has 1 rings (SSSR count). The minimum Gasteiger partial charge on any atom is -0.328 e. The van der Waals surface area contributed by atoms with Crippen LogP contribution in [-0.2, 0) is 5.54 Å². The lowest BCUT2D eigenvalue weighted by Gasteiger charge is -2.23. The van der Waals surface area contributed by atoms with Crippen LogP contribution in [0.4, 0.5) is 0 Å². The summed E-state index contributed by atoms with van der Waals surface area (Å²) in [6, 6.07) is 5.30. The topological polar surface area (TPSA) is 52.0 Å². The number of hydrogen-bond acceptors (Lipinski definition) is 2. The van der Waals surface area contributed by atoms with E-state index in [0.717, 1.165) is 5.56 Å². The molecule has 4 N–H and O–H groups in total. The normalized spacial score (nSPS) is 15.5. The molecule has 2 nitrogen and oxygen atoms in total. The molecule has 0 amide bonds. The Morgan fingerprint density at radius 2 is 1.92 bits per heavy atom. The molecule has 0 fully saturated rings. The van der Waals surface area contributed by atoms with Crippen LogP contribution in [-0.4, -0.2) is 6.54 Å². The van der Waals surface area contributed by atoms with Gasteiger partial charge in [-0.15, -0.1) is 0 Å². The molecule has 1 unspecified atom stereocenters. The molecular weight excluding hydrogens is 207 g/mol. The van der Waals surface area contributed by atoms with Crippen molar-refractivity contribution >= 4 is 23.2 Å². The van der Waals surface area contributed by atoms with Gasteiger partial charge in [0.2, 0.25) is 0 Å². The summed E-state index contributed by atoms with van der Waals surface area (Å²) in [6.07, 6.45) is 0. The zero-order valence-electron chi connectivity index (χ0n) is 7.35. The third kappa shape index (κ3) is 2.35. The van der Waals surface area contributed by atoms with Crippen molar-refractivity contribution in [3.63, 3.8) is 0 Å². The Labute approximate surface area is 87.8 Å². The van der Waals surface area contributed by atoms with Crippen molar-refractivity contribution in [2.45, 2.75) is 12.5 Å². The van der Waals surface area contributed by atoms with Gasteiger partial charge in [-0.05, 0) is 24.6 Å². The molecule has 0 radical (unpaired) electrons. The number of hydrogen-bond donors (Lipinski definition) is 2. The molecule has 1 aromatic carbocycles. The average molecular weight is 219 g/mol. The maximum atomic E-state index is 5.93. The monoisotopic (exact) mass is 218 g/mol. The van der Waals surface area contributed by atoms with E-state index in [1.807, 2.05) is 13.0 Å². The Bertz CT molecular complexity index is 310. The first-order chi connectivity index (χ1) is 5.97. The molecular formula is C9H12Cl2N2. The summed E-state index contributed by atoms with van der Waals surface area (Å²) >= 11 is 11.6. The van der Waals surface area contributed by atoms with Gasteiger partial charge in [0.05, 0.1) is 15.6 Å². The molecule has 0 spiro atoms. The third-order valence-electron chi connectivity index (χ3n) is 2.00. The molecule has 72 valence electrons. The van der Waals surface area contributed by atoms with Gasteiger partial charge in [-0.2, -0.15) is 0 Å². The first kappa shape index (κ1) is 10.8. The Kier molecular flexibility index (Phi) is 3.19. The average Bonchev–Trinajstić information content (AvgIpc) is 2.09. The van der Waals surface area contributed by atoms with Gasteiger partial charge < -0.3 is 11.5 Å². The second kappa shape index (κ2) is 3.84. The van der Waals surface area contributed by atoms with Crippen LogP contribution in [0.15, 0.2) is 18.2 Å². The summed E-state index contributed by atoms with van der Waals surface area (Å²) in [5.74, 6) is 0. The van der Waals surface area contributed by atoms with E-state index in [1.54, 1.807) is 12.1 Å². The van der Waals surface area contributed by atoms with E-state index in [2.05, 4.69) is 0 Å². The van der Waals surface area contributed by atoms with Gasteiger partial charge in [0, 0.05) is 6.54 Å². The van der Waals surface area contributed by atoms with Crippen LogP contribution in [0.2, 0.25) is 10.0 Å². The van der Waals surface area contributed by atoms with E-state index in [-0.39, 0.29) is 0 Å². The first-order valence-electron chi connectivity index (χ1n) is 3.92. The highest BCUT2D eigenvalue weighted by atomic mass is 35.5. The van der Waals surface area contributed by atoms with E-state index in [9.17, 15) is 0 Å². The summed E-state index contributed by atoms with van der Waals surface area (Å²) in [5, 5.41) is 1.03. The molecule has 13 heavy (non-hydrogen) atoms. The zero-order valence-corrected chi connectivity index (χ0v) is 8.86. The Hall–Kier alpha value is -0.280. The lowest BCUT2D eigenvalue weighted by atomic mass is 9.94. The summed E-state index contributed by atoms with van der Waals surface area (Å²) in [4.78, 5) is 0. The maximum absolute atomic E-state index is 5.93. The van der Waals surface area contributed by atoms with Crippen LogP contribution in [0.5, 0.6) is 0 Å². The highest BCUT2D eigenvalue weighted by Crippen LogP contribution is 2.26. The minimum atomic E-state index is -0.547. The molecule has 4 heteroatoms. The molecule has 0 saturated carbocycles. The van der Waals surface area contributed by atoms with E-state index in [0.29, 0.717) is 16.6 Å². The van der Waals surface area contributed by atoms with Crippen molar-refractivity contribution in [1.29, 1.82) is 0 Å². The maximum Gasteiger partial charge on any atom is 0.0595 e. The van der Waals surface area contributed by atoms with Crippen molar-refractivity contribution in [2.75, 3.05) is 6.54 Å². The van der Waals surface area contributed by atoms with Crippen molar-refractivity contribution in [3.05, 3.63) is 33.8 Å². The standard InChI is InChI=1S/C9H12Cl2N2/c1-9(13,5-12)6-2-3-7(10)8(11)4-6/h2-4H,5,12-13H2,1H3. The predicted molar refractivity (Wildman–Crippen MR) is 57.1 cm³/mol. The SMILES string of the molecule is CC(N)(CN)c1ccc(Cl)c(Cl)c1. The molecule has 0 aliphatic carbocycles. The van der Waals surface area contributed by atoms with Crippen LogP contribution >= 0.6 is 23.2 Å². The molecule has 1 aromatic rings. The molecule has 0 bridgehead atoms. The van der Waals surface area contributed by atoms with Crippen LogP contribution < -0.4 is 11.5 Å². The highest BCUT2D eigenvalue weighted by molar-refractivity contribution is 6.42. The largest absolute Gasteiger partial charge is 0.328 e. The van der Waals surface area contributed by atoms with Gasteiger partial charge >= 0.3 is 0 Å². The molecule has 0 aliphatic rings. The fraction of sp³-hybridized carbons (Fsp3) is 0.333. The predicted octanol–water partition coefficient (Wildman–Crippen LogP) is 2.13. The van der Waals surface area contributed by atoms with Crippen LogP contribution in [0.3, 0.4) is 0 Å². The molecule has 1 atom stereocenters. The molecule has 0 aromatic heterocycles. The second-order valence-corrected chi connectivity index (χ2v) is 4.06. The van der Waals surface area contributed by atoms with Crippen LogP contribution in [0.25, 0.3) is 0 Å². The molecule has 0 aliphatic heterocycles. The van der Waals surface area contributed by atoms with Gasteiger partial charge in [0.25, 0.3) is 0 Å². The fourth-order valence-electron chi connectivity index (χ4n) is 0.969. The summed E-state index contributed by atoms with van der Waals surface area (Å²) in [7, 11) is 0. The van der Waals surface area contributed by atoms with Gasteiger partial charge in [0.1, 0.15) is 0 Å². The van der Waals surface area contributed by atoms with Gasteiger partial charge in [-0.3, -0.25) is 0 Å². The molecule has 0 heterocycles. The van der Waals surface area contributed by atoms with Gasteiger partial charge in [0.15, 0.2) is 0 Å². The smallest absolute Gasteiger partial charge is 0.0595 e. The van der Waals surface area contributed by atoms with Crippen molar-refractivity contribution in [3.8, 4) is 0 Å². The van der Waals surface area contributed by atoms with Gasteiger partial charge in [-0.25, -0.2) is 0 Å². The fourth-order valence-corrected chi connectivity index (χ4v) is 1.27. The number of halogens is 2. The third-order valence-corrected chi connectivity index (χ3v) is 2.74. The quantitative estimate of drug-likeness (QED) is 0.800. The van der Waals surface area contributed by atoms with Crippen LogP contribution in [0.1, 0.15) is 12.5 Å². The second-order valence-electron chi connectivity index (χ2n) is 3.25. The molecule has 0 saturated heterocycles. The minimum absolute atomic E-state index is 0.366. The lowest BCUT2D eigenvalue weighted by molar-refractivity contribution is 0.508. The van der Waals surface area contributed by atoms with Crippen molar-refractivity contribution in [1.82, 2.24) is 0 Å². The summed E-state index contributed by atoms with van der Waals surface area (Å²) in [6.45, 7) is 2.22. The van der Waals surface area contributed by atoms with E-state index >= 15 is 0 Å². The first-order valence-corrected chi connectivity index (χ1v) is 4.67. The zero-order chi connectivity index (χ0) is 10.1. The number of rotatable bonds is 2. The Morgan fingerprint density at radius 1 is 1.31 bits per heavy atom. The highest BCUT2D eigenvalue weighted by Gasteiger charge is 2.19. The Morgan fingerprint density at radius 3 is 2.38 bits per heavy atom. The number of benzene rings is 1. The van der Waals surface area contributed by atoms with E-state index in [1.165, 1.54) is 0 Å². The summed E-state index contributed by atoms with van der Waals surface area (Å²) < 4.78 is 0. The number of nitrogens with two attached hydrogens (primary N) is 2. The van der Waals surface area contributed by atoms with Crippen LogP contribution in [0, 0.1) is 0 Å².